The van der Waals surface area contributed by atoms with Crippen molar-refractivity contribution in [2.24, 2.45) is 5.84 Å². The molecule has 1 aliphatic carbocycles. The summed E-state index contributed by atoms with van der Waals surface area (Å²) in [6.07, 6.45) is 3.10. The molecule has 1 aromatic carbocycles. The number of ether oxygens (including phenoxy) is 1. The molecule has 104 valence electrons. The number of nitrogens with zero attached hydrogens (tertiary/aromatic N) is 2. The Kier molecular flexibility index (Phi) is 3.52. The first-order chi connectivity index (χ1) is 9.81. The molecular formula is C15H18N4O. The number of hydrazine groups is 1. The van der Waals surface area contributed by atoms with Crippen LogP contribution in [0.4, 0.5) is 5.82 Å². The topological polar surface area (TPSA) is 73.1 Å². The predicted octanol–water partition coefficient (Wildman–Crippen LogP) is 2.32. The van der Waals surface area contributed by atoms with Crippen molar-refractivity contribution in [3.8, 4) is 17.1 Å². The van der Waals surface area contributed by atoms with E-state index in [1.54, 1.807) is 0 Å². The molecule has 20 heavy (non-hydrogen) atoms. The highest BCUT2D eigenvalue weighted by atomic mass is 16.5. The SMILES string of the molecule is CCOc1cccc(-c2nc3c(c(NN)n2)CCC3)c1. The Morgan fingerprint density at radius 1 is 1.30 bits per heavy atom. The van der Waals surface area contributed by atoms with Crippen molar-refractivity contribution in [1.29, 1.82) is 0 Å². The van der Waals surface area contributed by atoms with Crippen LogP contribution in [0.1, 0.15) is 24.6 Å². The molecule has 0 aliphatic heterocycles. The van der Waals surface area contributed by atoms with Gasteiger partial charge in [0.15, 0.2) is 5.82 Å². The Morgan fingerprint density at radius 2 is 2.20 bits per heavy atom. The van der Waals surface area contributed by atoms with Gasteiger partial charge in [-0.1, -0.05) is 12.1 Å². The number of nitrogen functional groups attached to an aromatic ring is 1. The minimum Gasteiger partial charge on any atom is -0.494 e. The van der Waals surface area contributed by atoms with E-state index in [0.717, 1.165) is 47.7 Å². The second kappa shape index (κ2) is 5.46. The Morgan fingerprint density at radius 3 is 3.00 bits per heavy atom. The molecule has 2 aromatic rings. The second-order valence-corrected chi connectivity index (χ2v) is 4.78. The molecule has 5 nitrogen and oxygen atoms in total. The highest BCUT2D eigenvalue weighted by Crippen LogP contribution is 2.29. The monoisotopic (exact) mass is 270 g/mol. The number of benzene rings is 1. The zero-order valence-corrected chi connectivity index (χ0v) is 11.5. The van der Waals surface area contributed by atoms with Gasteiger partial charge in [-0.15, -0.1) is 0 Å². The number of fused-ring (bicyclic) bond motifs is 1. The van der Waals surface area contributed by atoms with Gasteiger partial charge in [-0.3, -0.25) is 0 Å². The van der Waals surface area contributed by atoms with Gasteiger partial charge in [-0.2, -0.15) is 0 Å². The minimum atomic E-state index is 0.643. The van der Waals surface area contributed by atoms with Gasteiger partial charge in [0.2, 0.25) is 0 Å². The van der Waals surface area contributed by atoms with E-state index in [2.05, 4.69) is 15.4 Å². The van der Waals surface area contributed by atoms with Crippen LogP contribution in [-0.2, 0) is 12.8 Å². The van der Waals surface area contributed by atoms with E-state index in [9.17, 15) is 0 Å². The molecule has 1 heterocycles. The van der Waals surface area contributed by atoms with Crippen LogP contribution >= 0.6 is 0 Å². The van der Waals surface area contributed by atoms with Gasteiger partial charge in [0.1, 0.15) is 11.6 Å². The van der Waals surface area contributed by atoms with E-state index in [1.165, 1.54) is 0 Å². The standard InChI is InChI=1S/C15H18N4O/c1-2-20-11-6-3-5-10(9-11)14-17-13-8-4-7-12(13)15(18-14)19-16/h3,5-6,9H,2,4,7-8,16H2,1H3,(H,17,18,19). The van der Waals surface area contributed by atoms with Crippen LogP contribution in [0.5, 0.6) is 5.75 Å². The molecule has 1 aromatic heterocycles. The van der Waals surface area contributed by atoms with E-state index < -0.39 is 0 Å². The zero-order valence-electron chi connectivity index (χ0n) is 11.5. The number of rotatable bonds is 4. The van der Waals surface area contributed by atoms with E-state index in [0.29, 0.717) is 12.4 Å². The van der Waals surface area contributed by atoms with Crippen LogP contribution < -0.4 is 16.0 Å². The molecule has 0 spiro atoms. The zero-order chi connectivity index (χ0) is 13.9. The predicted molar refractivity (Wildman–Crippen MR) is 78.5 cm³/mol. The summed E-state index contributed by atoms with van der Waals surface area (Å²) in [5.41, 5.74) is 5.89. The maximum Gasteiger partial charge on any atom is 0.161 e. The largest absolute Gasteiger partial charge is 0.494 e. The van der Waals surface area contributed by atoms with Crippen molar-refractivity contribution in [1.82, 2.24) is 9.97 Å². The van der Waals surface area contributed by atoms with Crippen LogP contribution in [0.2, 0.25) is 0 Å². The number of nitrogens with one attached hydrogen (secondary N) is 1. The van der Waals surface area contributed by atoms with Crippen molar-refractivity contribution in [3.05, 3.63) is 35.5 Å². The number of aryl methyl sites for hydroxylation is 1. The van der Waals surface area contributed by atoms with Gasteiger partial charge >= 0.3 is 0 Å². The number of hydrogen-bond acceptors (Lipinski definition) is 5. The third kappa shape index (κ3) is 2.32. The van der Waals surface area contributed by atoms with Crippen LogP contribution in [0.3, 0.4) is 0 Å². The fourth-order valence-corrected chi connectivity index (χ4v) is 2.57. The summed E-state index contributed by atoms with van der Waals surface area (Å²) in [6, 6.07) is 7.83. The molecule has 5 heteroatoms. The molecule has 0 unspecified atom stereocenters. The summed E-state index contributed by atoms with van der Waals surface area (Å²) in [7, 11) is 0. The van der Waals surface area contributed by atoms with E-state index in [1.807, 2.05) is 31.2 Å². The Labute approximate surface area is 118 Å². The maximum atomic E-state index is 5.58. The average Bonchev–Trinajstić information content (AvgIpc) is 2.95. The molecule has 0 amide bonds. The molecule has 0 atom stereocenters. The Balaban J connectivity index is 2.04. The lowest BCUT2D eigenvalue weighted by Gasteiger charge is -2.10. The quantitative estimate of drug-likeness (QED) is 0.659. The molecule has 3 rings (SSSR count). The third-order valence-electron chi connectivity index (χ3n) is 3.47. The lowest BCUT2D eigenvalue weighted by molar-refractivity contribution is 0.340. The number of anilines is 1. The van der Waals surface area contributed by atoms with Gasteiger partial charge in [0.25, 0.3) is 0 Å². The van der Waals surface area contributed by atoms with Crippen LogP contribution in [-0.4, -0.2) is 16.6 Å². The molecule has 0 fully saturated rings. The van der Waals surface area contributed by atoms with E-state index in [-0.39, 0.29) is 0 Å². The molecular weight excluding hydrogens is 252 g/mol. The van der Waals surface area contributed by atoms with Crippen molar-refractivity contribution in [2.45, 2.75) is 26.2 Å². The van der Waals surface area contributed by atoms with Crippen molar-refractivity contribution in [2.75, 3.05) is 12.0 Å². The molecule has 0 saturated heterocycles. The first kappa shape index (κ1) is 12.9. The maximum absolute atomic E-state index is 5.58. The van der Waals surface area contributed by atoms with Gasteiger partial charge in [0.05, 0.1) is 6.61 Å². The summed E-state index contributed by atoms with van der Waals surface area (Å²) >= 11 is 0. The first-order valence-corrected chi connectivity index (χ1v) is 6.91. The first-order valence-electron chi connectivity index (χ1n) is 6.91. The summed E-state index contributed by atoms with van der Waals surface area (Å²) in [6.45, 7) is 2.61. The molecule has 0 bridgehead atoms. The Bertz CT molecular complexity index is 627. The molecule has 0 radical (unpaired) electrons. The summed E-state index contributed by atoms with van der Waals surface area (Å²) < 4.78 is 5.52. The Hall–Kier alpha value is -2.14. The molecule has 1 aliphatic rings. The average molecular weight is 270 g/mol. The number of nitrogens with two attached hydrogens (primary N) is 1. The van der Waals surface area contributed by atoms with Gasteiger partial charge in [0, 0.05) is 16.8 Å². The van der Waals surface area contributed by atoms with Crippen LogP contribution in [0, 0.1) is 0 Å². The van der Waals surface area contributed by atoms with Gasteiger partial charge < -0.3 is 10.2 Å². The number of hydrogen-bond donors (Lipinski definition) is 2. The normalized spacial score (nSPS) is 13.1. The summed E-state index contributed by atoms with van der Waals surface area (Å²) in [4.78, 5) is 9.20. The highest BCUT2D eigenvalue weighted by Gasteiger charge is 2.19. The molecule has 0 saturated carbocycles. The highest BCUT2D eigenvalue weighted by molar-refractivity contribution is 5.62. The van der Waals surface area contributed by atoms with Gasteiger partial charge in [-0.25, -0.2) is 15.8 Å². The fraction of sp³-hybridized carbons (Fsp3) is 0.333. The minimum absolute atomic E-state index is 0.643. The van der Waals surface area contributed by atoms with Crippen LogP contribution in [0.25, 0.3) is 11.4 Å². The number of aromatic nitrogens is 2. The third-order valence-corrected chi connectivity index (χ3v) is 3.47. The van der Waals surface area contributed by atoms with Crippen LogP contribution in [0.15, 0.2) is 24.3 Å². The summed E-state index contributed by atoms with van der Waals surface area (Å²) in [5, 5.41) is 0. The fourth-order valence-electron chi connectivity index (χ4n) is 2.57. The van der Waals surface area contributed by atoms with E-state index in [4.69, 9.17) is 10.6 Å². The molecule has 3 N–H and O–H groups in total. The second-order valence-electron chi connectivity index (χ2n) is 4.78. The van der Waals surface area contributed by atoms with E-state index >= 15 is 0 Å². The van der Waals surface area contributed by atoms with Crippen molar-refractivity contribution in [3.63, 3.8) is 0 Å². The lowest BCUT2D eigenvalue weighted by Crippen LogP contribution is -2.12. The van der Waals surface area contributed by atoms with Gasteiger partial charge in [-0.05, 0) is 38.3 Å². The summed E-state index contributed by atoms with van der Waals surface area (Å²) in [5.74, 6) is 7.85. The lowest BCUT2D eigenvalue weighted by atomic mass is 10.1. The smallest absolute Gasteiger partial charge is 0.161 e. The van der Waals surface area contributed by atoms with Crippen molar-refractivity contribution >= 4 is 5.82 Å². The van der Waals surface area contributed by atoms with Crippen molar-refractivity contribution < 1.29 is 4.74 Å².